The first kappa shape index (κ1) is 13.9. The predicted molar refractivity (Wildman–Crippen MR) is 87.7 cm³/mol. The highest BCUT2D eigenvalue weighted by Crippen LogP contribution is 2.41. The molecule has 1 aliphatic heterocycles. The summed E-state index contributed by atoms with van der Waals surface area (Å²) in [6, 6.07) is 8.31. The predicted octanol–water partition coefficient (Wildman–Crippen LogP) is 5.92. The molecule has 2 atom stereocenters. The van der Waals surface area contributed by atoms with Crippen LogP contribution < -0.4 is 4.74 Å². The Morgan fingerprint density at radius 2 is 2.16 bits per heavy atom. The minimum absolute atomic E-state index is 0.117. The maximum atomic E-state index is 6.58. The van der Waals surface area contributed by atoms with Crippen molar-refractivity contribution in [3.8, 4) is 5.75 Å². The first-order valence-electron chi connectivity index (χ1n) is 5.93. The van der Waals surface area contributed by atoms with Crippen LogP contribution in [0, 0.1) is 0 Å². The first-order chi connectivity index (χ1) is 9.04. The Hall–Kier alpha value is -0.0300. The summed E-state index contributed by atoms with van der Waals surface area (Å²) >= 11 is 15.2. The Bertz CT molecular complexity index is 606. The van der Waals surface area contributed by atoms with Crippen molar-refractivity contribution in [2.45, 2.75) is 24.8 Å². The van der Waals surface area contributed by atoms with Crippen LogP contribution >= 0.6 is 54.8 Å². The molecule has 3 rings (SSSR count). The number of ether oxygens (including phenoxy) is 1. The third-order valence-corrected chi connectivity index (χ3v) is 7.06. The zero-order valence-corrected chi connectivity index (χ0v) is 14.9. The molecule has 5 heteroatoms. The van der Waals surface area contributed by atoms with Gasteiger partial charge in [-0.3, -0.25) is 0 Å². The third kappa shape index (κ3) is 2.73. The van der Waals surface area contributed by atoms with Crippen molar-refractivity contribution in [1.82, 2.24) is 0 Å². The number of halogens is 3. The molecule has 0 radical (unpaired) electrons. The van der Waals surface area contributed by atoms with Gasteiger partial charge in [-0.05, 0) is 62.0 Å². The highest BCUT2D eigenvalue weighted by atomic mass is 79.9. The second kappa shape index (κ2) is 5.40. The Kier molecular flexibility index (Phi) is 3.96. The summed E-state index contributed by atoms with van der Waals surface area (Å²) in [5.41, 5.74) is 2.38. The highest BCUT2D eigenvalue weighted by molar-refractivity contribution is 9.13. The van der Waals surface area contributed by atoms with Gasteiger partial charge in [0.25, 0.3) is 0 Å². The van der Waals surface area contributed by atoms with Gasteiger partial charge < -0.3 is 4.74 Å². The molecular weight excluding hydrogens is 411 g/mol. The van der Waals surface area contributed by atoms with Gasteiger partial charge in [-0.2, -0.15) is 0 Å². The Morgan fingerprint density at radius 1 is 1.37 bits per heavy atom. The summed E-state index contributed by atoms with van der Waals surface area (Å²) in [7, 11) is 0. The van der Waals surface area contributed by atoms with Crippen LogP contribution in [-0.4, -0.2) is 6.10 Å². The molecule has 0 spiro atoms. The molecule has 1 aliphatic rings. The molecule has 19 heavy (non-hydrogen) atoms. The van der Waals surface area contributed by atoms with E-state index in [2.05, 4.69) is 57.0 Å². The largest absolute Gasteiger partial charge is 0.490 e. The normalized spacial score (nSPS) is 19.1. The fourth-order valence-corrected chi connectivity index (χ4v) is 4.68. The summed E-state index contributed by atoms with van der Waals surface area (Å²) in [6.07, 6.45) is 1.23. The summed E-state index contributed by atoms with van der Waals surface area (Å²) in [5.74, 6) is 0.994. The molecule has 2 unspecified atom stereocenters. The van der Waals surface area contributed by atoms with E-state index in [1.165, 1.54) is 5.56 Å². The fourth-order valence-electron chi connectivity index (χ4n) is 2.25. The molecule has 100 valence electrons. The standard InChI is InChI=1S/C14H11Br2ClOS/c1-7-4-9-5-8(2-3-11(9)18-7)13(17)12-6-10(15)14(16)19-12/h2-3,5-7,13H,4H2,1H3. The van der Waals surface area contributed by atoms with Crippen LogP contribution in [-0.2, 0) is 6.42 Å². The molecule has 1 aromatic heterocycles. The Labute approximate surface area is 138 Å². The van der Waals surface area contributed by atoms with Crippen molar-refractivity contribution >= 4 is 54.8 Å². The minimum atomic E-state index is -0.117. The van der Waals surface area contributed by atoms with Crippen molar-refractivity contribution in [1.29, 1.82) is 0 Å². The lowest BCUT2D eigenvalue weighted by atomic mass is 10.0. The molecule has 1 nitrogen and oxygen atoms in total. The van der Waals surface area contributed by atoms with Gasteiger partial charge in [-0.1, -0.05) is 12.1 Å². The van der Waals surface area contributed by atoms with Crippen LogP contribution in [0.3, 0.4) is 0 Å². The molecule has 0 bridgehead atoms. The van der Waals surface area contributed by atoms with E-state index in [4.69, 9.17) is 16.3 Å². The van der Waals surface area contributed by atoms with E-state index in [0.717, 1.165) is 30.9 Å². The lowest BCUT2D eigenvalue weighted by Crippen LogP contribution is -2.05. The zero-order chi connectivity index (χ0) is 13.6. The van der Waals surface area contributed by atoms with Crippen molar-refractivity contribution in [2.24, 2.45) is 0 Å². The van der Waals surface area contributed by atoms with Crippen LogP contribution in [0.2, 0.25) is 0 Å². The third-order valence-electron chi connectivity index (χ3n) is 3.13. The molecule has 0 saturated heterocycles. The fraction of sp³-hybridized carbons (Fsp3) is 0.286. The molecule has 2 heterocycles. The second-order valence-electron chi connectivity index (χ2n) is 4.63. The van der Waals surface area contributed by atoms with E-state index < -0.39 is 0 Å². The minimum Gasteiger partial charge on any atom is -0.490 e. The van der Waals surface area contributed by atoms with Gasteiger partial charge in [-0.25, -0.2) is 0 Å². The quantitative estimate of drug-likeness (QED) is 0.546. The summed E-state index contributed by atoms with van der Waals surface area (Å²) in [5, 5.41) is -0.117. The van der Waals surface area contributed by atoms with Gasteiger partial charge >= 0.3 is 0 Å². The van der Waals surface area contributed by atoms with E-state index >= 15 is 0 Å². The van der Waals surface area contributed by atoms with Gasteiger partial charge in [0.15, 0.2) is 0 Å². The smallest absolute Gasteiger partial charge is 0.123 e. The summed E-state index contributed by atoms with van der Waals surface area (Å²) in [6.45, 7) is 2.09. The van der Waals surface area contributed by atoms with Crippen LogP contribution in [0.15, 0.2) is 32.5 Å². The maximum Gasteiger partial charge on any atom is 0.123 e. The van der Waals surface area contributed by atoms with Crippen LogP contribution in [0.4, 0.5) is 0 Å². The number of benzene rings is 1. The van der Waals surface area contributed by atoms with E-state index in [1.807, 2.05) is 6.07 Å². The number of hydrogen-bond donors (Lipinski definition) is 0. The molecular formula is C14H11Br2ClOS. The van der Waals surface area contributed by atoms with Gasteiger partial charge in [0.1, 0.15) is 11.9 Å². The number of fused-ring (bicyclic) bond motifs is 1. The zero-order valence-electron chi connectivity index (χ0n) is 10.1. The van der Waals surface area contributed by atoms with Crippen molar-refractivity contribution in [2.75, 3.05) is 0 Å². The molecule has 0 fully saturated rings. The van der Waals surface area contributed by atoms with Crippen molar-refractivity contribution < 1.29 is 4.74 Å². The average molecular weight is 423 g/mol. The molecule has 1 aromatic carbocycles. The summed E-state index contributed by atoms with van der Waals surface area (Å²) in [4.78, 5) is 1.13. The average Bonchev–Trinajstić information content (AvgIpc) is 2.90. The van der Waals surface area contributed by atoms with Crippen LogP contribution in [0.25, 0.3) is 0 Å². The molecule has 0 aliphatic carbocycles. The van der Waals surface area contributed by atoms with Gasteiger partial charge in [0.2, 0.25) is 0 Å². The monoisotopic (exact) mass is 420 g/mol. The lowest BCUT2D eigenvalue weighted by Gasteiger charge is -2.09. The van der Waals surface area contributed by atoms with Gasteiger partial charge in [0.05, 0.1) is 9.16 Å². The molecule has 0 N–H and O–H groups in total. The molecule has 0 amide bonds. The van der Waals surface area contributed by atoms with E-state index in [9.17, 15) is 0 Å². The maximum absolute atomic E-state index is 6.58. The first-order valence-corrected chi connectivity index (χ1v) is 8.77. The van der Waals surface area contributed by atoms with Crippen molar-refractivity contribution in [3.63, 3.8) is 0 Å². The van der Waals surface area contributed by atoms with Gasteiger partial charge in [-0.15, -0.1) is 22.9 Å². The van der Waals surface area contributed by atoms with Gasteiger partial charge in [0, 0.05) is 15.8 Å². The Morgan fingerprint density at radius 3 is 2.84 bits per heavy atom. The second-order valence-corrected chi connectivity index (χ2v) is 8.33. The number of alkyl halides is 1. The summed E-state index contributed by atoms with van der Waals surface area (Å²) < 4.78 is 7.84. The number of thiophene rings is 1. The molecule has 0 saturated carbocycles. The van der Waals surface area contributed by atoms with E-state index in [0.29, 0.717) is 0 Å². The lowest BCUT2D eigenvalue weighted by molar-refractivity contribution is 0.254. The van der Waals surface area contributed by atoms with E-state index in [-0.39, 0.29) is 11.5 Å². The Balaban J connectivity index is 1.92. The van der Waals surface area contributed by atoms with Crippen molar-refractivity contribution in [3.05, 3.63) is 48.5 Å². The van der Waals surface area contributed by atoms with Crippen LogP contribution in [0.5, 0.6) is 5.75 Å². The number of rotatable bonds is 2. The topological polar surface area (TPSA) is 9.23 Å². The number of hydrogen-bond acceptors (Lipinski definition) is 2. The highest BCUT2D eigenvalue weighted by Gasteiger charge is 2.22. The van der Waals surface area contributed by atoms with E-state index in [1.54, 1.807) is 11.3 Å². The van der Waals surface area contributed by atoms with Crippen LogP contribution in [0.1, 0.15) is 28.3 Å². The molecule has 2 aromatic rings. The SMILES string of the molecule is CC1Cc2cc(C(Cl)c3cc(Br)c(Br)s3)ccc2O1.